The van der Waals surface area contributed by atoms with Gasteiger partial charge in [-0.05, 0) is 12.1 Å². The van der Waals surface area contributed by atoms with Gasteiger partial charge in [0, 0.05) is 16.2 Å². The molecule has 0 aliphatic carbocycles. The maximum Gasteiger partial charge on any atom is 0.239 e. The molecule has 1 atom stereocenters. The highest BCUT2D eigenvalue weighted by atomic mass is 32.2. The number of carbonyl (C=O) groups excluding carboxylic acids is 1. The lowest BCUT2D eigenvalue weighted by Crippen LogP contribution is -2.28. The van der Waals surface area contributed by atoms with E-state index in [1.807, 2.05) is 20.8 Å². The number of nitrogens with zero attached hydrogens (tertiary/aromatic N) is 2. The summed E-state index contributed by atoms with van der Waals surface area (Å²) in [5.74, 6) is 1.12. The number of nitrogens with one attached hydrogen (secondary N) is 1. The van der Waals surface area contributed by atoms with E-state index in [0.717, 1.165) is 0 Å². The van der Waals surface area contributed by atoms with Crippen molar-refractivity contribution in [3.8, 4) is 0 Å². The second-order valence-corrected chi connectivity index (χ2v) is 7.30. The summed E-state index contributed by atoms with van der Waals surface area (Å²) in [4.78, 5) is 15.9. The molecule has 2 rings (SSSR count). The lowest BCUT2D eigenvalue weighted by atomic mass is 9.96. The Kier molecular flexibility index (Phi) is 5.12. The molecule has 120 valence electrons. The highest BCUT2D eigenvalue weighted by molar-refractivity contribution is 7.84. The number of rotatable bonds is 6. The third kappa shape index (κ3) is 4.80. The van der Waals surface area contributed by atoms with Gasteiger partial charge in [0.25, 0.3) is 0 Å². The Bertz CT molecular complexity index is 643. The summed E-state index contributed by atoms with van der Waals surface area (Å²) in [6.45, 7) is 6.15. The largest absolute Gasteiger partial charge is 0.467 e. The molecule has 22 heavy (non-hydrogen) atoms. The SMILES string of the molecule is CC(C)(C)c1noc(C[S@](=O)CC(=O)NCc2ccco2)n1. The number of carbonyl (C=O) groups is 1. The van der Waals surface area contributed by atoms with Crippen molar-refractivity contribution in [2.45, 2.75) is 38.5 Å². The summed E-state index contributed by atoms with van der Waals surface area (Å²) in [6.07, 6.45) is 1.53. The van der Waals surface area contributed by atoms with Gasteiger partial charge in [-0.1, -0.05) is 25.9 Å². The summed E-state index contributed by atoms with van der Waals surface area (Å²) in [6, 6.07) is 3.49. The second kappa shape index (κ2) is 6.87. The normalized spacial score (nSPS) is 13.0. The van der Waals surface area contributed by atoms with Crippen LogP contribution in [-0.2, 0) is 33.3 Å². The van der Waals surface area contributed by atoms with Gasteiger partial charge in [-0.2, -0.15) is 4.98 Å². The Morgan fingerprint density at radius 2 is 2.18 bits per heavy atom. The minimum Gasteiger partial charge on any atom is -0.467 e. The molecule has 0 spiro atoms. The van der Waals surface area contributed by atoms with Gasteiger partial charge in [0.1, 0.15) is 17.3 Å². The van der Waals surface area contributed by atoms with Gasteiger partial charge in [-0.25, -0.2) is 0 Å². The maximum absolute atomic E-state index is 11.9. The maximum atomic E-state index is 11.9. The van der Waals surface area contributed by atoms with Gasteiger partial charge in [0.2, 0.25) is 11.8 Å². The number of amides is 1. The van der Waals surface area contributed by atoms with E-state index in [4.69, 9.17) is 8.94 Å². The van der Waals surface area contributed by atoms with Crippen molar-refractivity contribution in [1.82, 2.24) is 15.5 Å². The van der Waals surface area contributed by atoms with Crippen LogP contribution in [0.5, 0.6) is 0 Å². The van der Waals surface area contributed by atoms with Crippen molar-refractivity contribution in [1.29, 1.82) is 0 Å². The standard InChI is InChI=1S/C14H19N3O4S/c1-14(2,3)13-16-12(21-17-13)9-22(19)8-11(18)15-7-10-5-4-6-20-10/h4-6H,7-9H2,1-3H3,(H,15,18)/t22-/m1/s1. The van der Waals surface area contributed by atoms with Crippen molar-refractivity contribution in [3.05, 3.63) is 35.9 Å². The second-order valence-electron chi connectivity index (χ2n) is 5.85. The van der Waals surface area contributed by atoms with E-state index < -0.39 is 10.8 Å². The van der Waals surface area contributed by atoms with Crippen LogP contribution in [0.3, 0.4) is 0 Å². The van der Waals surface area contributed by atoms with Gasteiger partial charge in [-0.15, -0.1) is 0 Å². The summed E-state index contributed by atoms with van der Waals surface area (Å²) in [7, 11) is -1.40. The van der Waals surface area contributed by atoms with Crippen molar-refractivity contribution >= 4 is 16.7 Å². The lowest BCUT2D eigenvalue weighted by Gasteiger charge is -2.10. The van der Waals surface area contributed by atoms with Crippen LogP contribution in [0.4, 0.5) is 0 Å². The predicted molar refractivity (Wildman–Crippen MR) is 80.3 cm³/mol. The monoisotopic (exact) mass is 325 g/mol. The van der Waals surface area contributed by atoms with Gasteiger partial charge in [-0.3, -0.25) is 9.00 Å². The average Bonchev–Trinajstić information content (AvgIpc) is 3.05. The van der Waals surface area contributed by atoms with Crippen LogP contribution in [0.1, 0.15) is 38.2 Å². The molecular formula is C14H19N3O4S. The Hall–Kier alpha value is -1.96. The molecule has 8 heteroatoms. The molecule has 0 fully saturated rings. The average molecular weight is 325 g/mol. The fourth-order valence-electron chi connectivity index (χ4n) is 1.60. The first kappa shape index (κ1) is 16.4. The number of hydrogen-bond acceptors (Lipinski definition) is 6. The minimum absolute atomic E-state index is 0.0667. The number of aromatic nitrogens is 2. The van der Waals surface area contributed by atoms with Crippen molar-refractivity contribution in [2.24, 2.45) is 0 Å². The van der Waals surface area contributed by atoms with E-state index in [0.29, 0.717) is 11.6 Å². The molecule has 0 unspecified atom stereocenters. The summed E-state index contributed by atoms with van der Waals surface area (Å²) in [5.41, 5.74) is -0.232. The third-order valence-corrected chi connectivity index (χ3v) is 3.91. The molecular weight excluding hydrogens is 306 g/mol. The molecule has 1 N–H and O–H groups in total. The smallest absolute Gasteiger partial charge is 0.239 e. The van der Waals surface area contributed by atoms with E-state index in [9.17, 15) is 9.00 Å². The first-order valence-corrected chi connectivity index (χ1v) is 8.30. The van der Waals surface area contributed by atoms with E-state index in [1.165, 1.54) is 6.26 Å². The van der Waals surface area contributed by atoms with Gasteiger partial charge in [0.15, 0.2) is 5.82 Å². The topological polar surface area (TPSA) is 98.2 Å². The molecule has 2 heterocycles. The van der Waals surface area contributed by atoms with Gasteiger partial charge >= 0.3 is 0 Å². The molecule has 2 aromatic heterocycles. The van der Waals surface area contributed by atoms with Gasteiger partial charge < -0.3 is 14.3 Å². The molecule has 1 amide bonds. The van der Waals surface area contributed by atoms with Crippen molar-refractivity contribution in [2.75, 3.05) is 5.75 Å². The lowest BCUT2D eigenvalue weighted by molar-refractivity contribution is -0.118. The fourth-order valence-corrected chi connectivity index (χ4v) is 2.49. The van der Waals surface area contributed by atoms with Crippen molar-refractivity contribution < 1.29 is 17.9 Å². The zero-order valence-corrected chi connectivity index (χ0v) is 13.6. The molecule has 7 nitrogen and oxygen atoms in total. The van der Waals surface area contributed by atoms with Crippen LogP contribution in [0.15, 0.2) is 27.3 Å². The molecule has 0 bridgehead atoms. The molecule has 0 aliphatic rings. The van der Waals surface area contributed by atoms with Crippen LogP contribution >= 0.6 is 0 Å². The summed E-state index contributed by atoms with van der Waals surface area (Å²) < 4.78 is 22.1. The Morgan fingerprint density at radius 1 is 1.41 bits per heavy atom. The van der Waals surface area contributed by atoms with E-state index in [1.54, 1.807) is 12.1 Å². The molecule has 0 aromatic carbocycles. The van der Waals surface area contributed by atoms with Crippen molar-refractivity contribution in [3.63, 3.8) is 0 Å². The van der Waals surface area contributed by atoms with Crippen LogP contribution in [0.2, 0.25) is 0 Å². The first-order valence-electron chi connectivity index (χ1n) is 6.82. The highest BCUT2D eigenvalue weighted by Gasteiger charge is 2.22. The summed E-state index contributed by atoms with van der Waals surface area (Å²) in [5, 5.41) is 6.50. The Balaban J connectivity index is 1.79. The third-order valence-electron chi connectivity index (χ3n) is 2.76. The number of furan rings is 1. The predicted octanol–water partition coefficient (Wildman–Crippen LogP) is 1.53. The van der Waals surface area contributed by atoms with E-state index in [-0.39, 0.29) is 35.3 Å². The first-order chi connectivity index (χ1) is 10.3. The molecule has 0 aliphatic heterocycles. The Morgan fingerprint density at radius 3 is 2.77 bits per heavy atom. The fraction of sp³-hybridized carbons (Fsp3) is 0.500. The zero-order chi connectivity index (χ0) is 16.2. The molecule has 2 aromatic rings. The summed E-state index contributed by atoms with van der Waals surface area (Å²) >= 11 is 0. The van der Waals surface area contributed by atoms with E-state index in [2.05, 4.69) is 15.5 Å². The highest BCUT2D eigenvalue weighted by Crippen LogP contribution is 2.18. The van der Waals surface area contributed by atoms with Crippen LogP contribution in [0, 0.1) is 0 Å². The minimum atomic E-state index is -1.40. The number of hydrogen-bond donors (Lipinski definition) is 1. The van der Waals surface area contributed by atoms with Crippen LogP contribution in [0.25, 0.3) is 0 Å². The van der Waals surface area contributed by atoms with E-state index >= 15 is 0 Å². The quantitative estimate of drug-likeness (QED) is 0.865. The van der Waals surface area contributed by atoms with Crippen LogP contribution in [-0.4, -0.2) is 26.0 Å². The Labute approximate surface area is 130 Å². The molecule has 0 saturated carbocycles. The molecule has 0 radical (unpaired) electrons. The van der Waals surface area contributed by atoms with Gasteiger partial charge in [0.05, 0.1) is 12.8 Å². The van der Waals surface area contributed by atoms with Crippen LogP contribution < -0.4 is 5.32 Å². The molecule has 0 saturated heterocycles. The zero-order valence-electron chi connectivity index (χ0n) is 12.8.